The Morgan fingerprint density at radius 1 is 1.03 bits per heavy atom. The highest BCUT2D eigenvalue weighted by Gasteiger charge is 2.27. The van der Waals surface area contributed by atoms with E-state index in [1.54, 1.807) is 22.8 Å². The van der Waals surface area contributed by atoms with Crippen molar-refractivity contribution in [2.45, 2.75) is 25.5 Å². The lowest BCUT2D eigenvalue weighted by Crippen LogP contribution is -2.51. The summed E-state index contributed by atoms with van der Waals surface area (Å²) in [6.07, 6.45) is 0. The minimum atomic E-state index is -0.188. The number of carbonyl (C=O) groups excluding carboxylic acids is 2. The molecule has 1 saturated heterocycles. The van der Waals surface area contributed by atoms with Crippen molar-refractivity contribution in [1.29, 1.82) is 0 Å². The summed E-state index contributed by atoms with van der Waals surface area (Å²) in [7, 11) is 0. The Morgan fingerprint density at radius 3 is 2.42 bits per heavy atom. The van der Waals surface area contributed by atoms with E-state index in [4.69, 9.17) is 4.52 Å². The first-order chi connectivity index (χ1) is 15.0. The Bertz CT molecular complexity index is 1060. The summed E-state index contributed by atoms with van der Waals surface area (Å²) in [6, 6.07) is 11.7. The normalized spacial score (nSPS) is 14.1. The largest absolute Gasteiger partial charge is 0.351 e. The van der Waals surface area contributed by atoms with E-state index < -0.39 is 0 Å². The van der Waals surface area contributed by atoms with Crippen LogP contribution in [0.2, 0.25) is 0 Å². The highest BCUT2D eigenvalue weighted by Crippen LogP contribution is 2.20. The van der Waals surface area contributed by atoms with E-state index >= 15 is 0 Å². The standard InChI is InChI=1S/C21H24N6O3S/c1-15-12-18(30-24-15)20(29)26-10-8-25(9-11-26)19(28)14-31-21-23-22-16(2)27(21)13-17-6-4-3-5-7-17/h3-7,12H,8-11,13-14H2,1-2H3. The summed E-state index contributed by atoms with van der Waals surface area (Å²) in [6.45, 7) is 6.28. The number of benzene rings is 1. The second kappa shape index (κ2) is 9.34. The van der Waals surface area contributed by atoms with Gasteiger partial charge in [-0.25, -0.2) is 0 Å². The van der Waals surface area contributed by atoms with Crippen molar-refractivity contribution >= 4 is 23.6 Å². The Kier molecular flexibility index (Phi) is 6.36. The fraction of sp³-hybridized carbons (Fsp3) is 0.381. The van der Waals surface area contributed by atoms with E-state index in [0.717, 1.165) is 16.5 Å². The van der Waals surface area contributed by atoms with Gasteiger partial charge in [-0.3, -0.25) is 9.59 Å². The van der Waals surface area contributed by atoms with Crippen molar-refractivity contribution < 1.29 is 14.1 Å². The van der Waals surface area contributed by atoms with Crippen molar-refractivity contribution in [3.05, 3.63) is 59.2 Å². The van der Waals surface area contributed by atoms with Crippen LogP contribution in [0.3, 0.4) is 0 Å². The molecule has 9 nitrogen and oxygen atoms in total. The zero-order valence-corrected chi connectivity index (χ0v) is 18.3. The van der Waals surface area contributed by atoms with Crippen LogP contribution in [0.25, 0.3) is 0 Å². The lowest BCUT2D eigenvalue weighted by Gasteiger charge is -2.34. The molecule has 1 aliphatic heterocycles. The SMILES string of the molecule is Cc1cc(C(=O)N2CCN(C(=O)CSc3nnc(C)n3Cc3ccccc3)CC2)on1. The molecule has 0 aliphatic carbocycles. The second-order valence-electron chi connectivity index (χ2n) is 7.40. The highest BCUT2D eigenvalue weighted by atomic mass is 32.2. The van der Waals surface area contributed by atoms with E-state index in [-0.39, 0.29) is 23.3 Å². The minimum Gasteiger partial charge on any atom is -0.351 e. The summed E-state index contributed by atoms with van der Waals surface area (Å²) in [5, 5.41) is 12.9. The number of rotatable bonds is 6. The van der Waals surface area contributed by atoms with Crippen LogP contribution in [-0.4, -0.2) is 73.5 Å². The third kappa shape index (κ3) is 4.96. The molecule has 4 rings (SSSR count). The third-order valence-electron chi connectivity index (χ3n) is 5.17. The van der Waals surface area contributed by atoms with Gasteiger partial charge < -0.3 is 18.9 Å². The average molecular weight is 441 g/mol. The number of piperazine rings is 1. The number of nitrogens with zero attached hydrogens (tertiary/aromatic N) is 6. The van der Waals surface area contributed by atoms with Gasteiger partial charge in [-0.05, 0) is 19.4 Å². The van der Waals surface area contributed by atoms with Crippen LogP contribution in [0.5, 0.6) is 0 Å². The maximum absolute atomic E-state index is 12.7. The summed E-state index contributed by atoms with van der Waals surface area (Å²) >= 11 is 1.39. The molecule has 162 valence electrons. The second-order valence-corrected chi connectivity index (χ2v) is 8.34. The molecule has 2 amide bonds. The number of aromatic nitrogens is 4. The van der Waals surface area contributed by atoms with Crippen molar-refractivity contribution in [2.75, 3.05) is 31.9 Å². The predicted molar refractivity (Wildman–Crippen MR) is 115 cm³/mol. The number of carbonyl (C=O) groups is 2. The molecule has 1 aromatic carbocycles. The number of thioether (sulfide) groups is 1. The van der Waals surface area contributed by atoms with Crippen LogP contribution in [0.4, 0.5) is 0 Å². The van der Waals surface area contributed by atoms with Crippen LogP contribution in [0.15, 0.2) is 46.1 Å². The van der Waals surface area contributed by atoms with Gasteiger partial charge >= 0.3 is 0 Å². The quantitative estimate of drug-likeness (QED) is 0.541. The number of hydrogen-bond acceptors (Lipinski definition) is 7. The molecular weight excluding hydrogens is 416 g/mol. The molecule has 2 aromatic heterocycles. The molecule has 3 aromatic rings. The van der Waals surface area contributed by atoms with Gasteiger partial charge in [-0.2, -0.15) is 0 Å². The molecule has 1 aliphatic rings. The van der Waals surface area contributed by atoms with Crippen LogP contribution >= 0.6 is 11.8 Å². The molecular formula is C21H24N6O3S. The van der Waals surface area contributed by atoms with Gasteiger partial charge in [0, 0.05) is 32.2 Å². The predicted octanol–water partition coefficient (Wildman–Crippen LogP) is 2.01. The Balaban J connectivity index is 1.30. The first-order valence-corrected chi connectivity index (χ1v) is 11.1. The molecule has 0 atom stereocenters. The maximum Gasteiger partial charge on any atom is 0.292 e. The molecule has 0 saturated carbocycles. The Hall–Kier alpha value is -3.14. The van der Waals surface area contributed by atoms with E-state index in [0.29, 0.717) is 38.4 Å². The average Bonchev–Trinajstić information content (AvgIpc) is 3.38. The van der Waals surface area contributed by atoms with E-state index in [9.17, 15) is 9.59 Å². The molecule has 0 N–H and O–H groups in total. The molecule has 0 unspecified atom stereocenters. The third-order valence-corrected chi connectivity index (χ3v) is 6.12. The van der Waals surface area contributed by atoms with Crippen LogP contribution in [0, 0.1) is 13.8 Å². The summed E-state index contributed by atoms with van der Waals surface area (Å²) in [5.41, 5.74) is 1.82. The van der Waals surface area contributed by atoms with E-state index in [2.05, 4.69) is 27.5 Å². The fourth-order valence-electron chi connectivity index (χ4n) is 3.41. The van der Waals surface area contributed by atoms with Crippen molar-refractivity contribution in [3.63, 3.8) is 0 Å². The lowest BCUT2D eigenvalue weighted by atomic mass is 10.2. The summed E-state index contributed by atoms with van der Waals surface area (Å²) < 4.78 is 7.07. The van der Waals surface area contributed by atoms with Crippen LogP contribution < -0.4 is 0 Å². The minimum absolute atomic E-state index is 0.0273. The molecule has 0 spiro atoms. The van der Waals surface area contributed by atoms with Crippen molar-refractivity contribution in [2.24, 2.45) is 0 Å². The molecule has 1 fully saturated rings. The van der Waals surface area contributed by atoms with Gasteiger partial charge in [0.15, 0.2) is 5.16 Å². The van der Waals surface area contributed by atoms with Crippen molar-refractivity contribution in [3.8, 4) is 0 Å². The smallest absolute Gasteiger partial charge is 0.292 e. The zero-order chi connectivity index (χ0) is 21.8. The van der Waals surface area contributed by atoms with Gasteiger partial charge in [0.2, 0.25) is 11.7 Å². The van der Waals surface area contributed by atoms with Crippen molar-refractivity contribution in [1.82, 2.24) is 29.7 Å². The molecule has 3 heterocycles. The van der Waals surface area contributed by atoms with Crippen LogP contribution in [0.1, 0.15) is 27.6 Å². The monoisotopic (exact) mass is 440 g/mol. The van der Waals surface area contributed by atoms with Gasteiger partial charge in [-0.15, -0.1) is 10.2 Å². The lowest BCUT2D eigenvalue weighted by molar-refractivity contribution is -0.129. The van der Waals surface area contributed by atoms with Gasteiger partial charge in [0.05, 0.1) is 18.0 Å². The molecule has 0 radical (unpaired) electrons. The molecule has 10 heteroatoms. The van der Waals surface area contributed by atoms with Gasteiger partial charge in [-0.1, -0.05) is 47.3 Å². The summed E-state index contributed by atoms with van der Waals surface area (Å²) in [4.78, 5) is 28.6. The summed E-state index contributed by atoms with van der Waals surface area (Å²) in [5.74, 6) is 1.17. The van der Waals surface area contributed by atoms with Crippen LogP contribution in [-0.2, 0) is 11.3 Å². The number of aryl methyl sites for hydroxylation is 2. The zero-order valence-electron chi connectivity index (χ0n) is 17.5. The topological polar surface area (TPSA) is 97.4 Å². The molecule has 31 heavy (non-hydrogen) atoms. The number of hydrogen-bond donors (Lipinski definition) is 0. The van der Waals surface area contributed by atoms with E-state index in [1.165, 1.54) is 11.8 Å². The highest BCUT2D eigenvalue weighted by molar-refractivity contribution is 7.99. The number of amides is 2. The maximum atomic E-state index is 12.7. The first-order valence-electron chi connectivity index (χ1n) is 10.1. The molecule has 0 bridgehead atoms. The van der Waals surface area contributed by atoms with E-state index in [1.807, 2.05) is 29.7 Å². The Morgan fingerprint density at radius 2 is 1.74 bits per heavy atom. The Labute approximate surface area is 184 Å². The first kappa shape index (κ1) is 21.1. The van der Waals surface area contributed by atoms with Gasteiger partial charge in [0.25, 0.3) is 5.91 Å². The van der Waals surface area contributed by atoms with Gasteiger partial charge in [0.1, 0.15) is 5.82 Å². The fourth-order valence-corrected chi connectivity index (χ4v) is 4.30.